The van der Waals surface area contributed by atoms with Crippen molar-refractivity contribution in [2.75, 3.05) is 19.6 Å². The third kappa shape index (κ3) is 4.63. The number of fused-ring (bicyclic) bond motifs is 1. The molecule has 0 spiro atoms. The fourth-order valence-corrected chi connectivity index (χ4v) is 5.86. The lowest BCUT2D eigenvalue weighted by Gasteiger charge is -2.51. The number of carbonyl (C=O) groups is 2. The molecule has 10 nitrogen and oxygen atoms in total. The van der Waals surface area contributed by atoms with Gasteiger partial charge in [0.1, 0.15) is 17.3 Å². The molecule has 0 unspecified atom stereocenters. The minimum absolute atomic E-state index is 0.0616. The first kappa shape index (κ1) is 26.6. The molecule has 2 amide bonds. The topological polar surface area (TPSA) is 114 Å². The monoisotopic (exact) mass is 552 g/mol. The summed E-state index contributed by atoms with van der Waals surface area (Å²) in [6, 6.07) is 18.0. The maximum atomic E-state index is 13.4. The fourth-order valence-electron chi connectivity index (χ4n) is 5.86. The number of aliphatic hydroxyl groups is 1. The Morgan fingerprint density at radius 2 is 1.68 bits per heavy atom. The van der Waals surface area contributed by atoms with Gasteiger partial charge < -0.3 is 14.9 Å². The third-order valence-corrected chi connectivity index (χ3v) is 8.54. The highest BCUT2D eigenvalue weighted by Gasteiger charge is 2.51. The molecule has 0 saturated carbocycles. The zero-order chi connectivity index (χ0) is 28.8. The van der Waals surface area contributed by atoms with Crippen molar-refractivity contribution in [2.24, 2.45) is 0 Å². The predicted molar refractivity (Wildman–Crippen MR) is 154 cm³/mol. The number of hydrogen-bond donors (Lipinski definition) is 1. The molecule has 210 valence electrons. The molecular weight excluding hydrogens is 520 g/mol. The van der Waals surface area contributed by atoms with E-state index in [1.165, 1.54) is 23.2 Å². The summed E-state index contributed by atoms with van der Waals surface area (Å²) in [5.74, 6) is -0.374. The summed E-state index contributed by atoms with van der Waals surface area (Å²) in [5, 5.41) is 16.1. The normalized spacial score (nSPS) is 20.0. The summed E-state index contributed by atoms with van der Waals surface area (Å²) in [6.07, 6.45) is 5.40. The Bertz CT molecular complexity index is 1690. The van der Waals surface area contributed by atoms with Gasteiger partial charge in [0.15, 0.2) is 5.65 Å². The Morgan fingerprint density at radius 1 is 1.00 bits per heavy atom. The zero-order valence-corrected chi connectivity index (χ0v) is 22.9. The smallest absolute Gasteiger partial charge is 0.264 e. The van der Waals surface area contributed by atoms with E-state index in [1.807, 2.05) is 54.6 Å². The van der Waals surface area contributed by atoms with Gasteiger partial charge in [-0.2, -0.15) is 5.10 Å². The molecule has 4 heterocycles. The van der Waals surface area contributed by atoms with Gasteiger partial charge >= 0.3 is 0 Å². The Morgan fingerprint density at radius 3 is 2.32 bits per heavy atom. The summed E-state index contributed by atoms with van der Waals surface area (Å²) >= 11 is 0. The summed E-state index contributed by atoms with van der Waals surface area (Å²) in [6.45, 7) is 6.57. The molecule has 10 heteroatoms. The standard InChI is InChI=1S/C31H32N6O4/c1-3-26(38)36-18-13-30(36,2)29(40)34-16-14-31(41,15-17-34)20-35-21-32-27-25(28(35)39)19-33-37(27)24-11-9-23(10-12-24)22-7-5-4-6-8-22/h3-12,19,21,41H,1,13-18,20H2,2H3/t30-/m0/s1. The van der Waals surface area contributed by atoms with Crippen molar-refractivity contribution in [3.05, 3.63) is 90.1 Å². The number of hydrogen-bond acceptors (Lipinski definition) is 6. The van der Waals surface area contributed by atoms with Crippen molar-refractivity contribution >= 4 is 22.8 Å². The van der Waals surface area contributed by atoms with Gasteiger partial charge in [0.05, 0.1) is 24.0 Å². The van der Waals surface area contributed by atoms with Crippen molar-refractivity contribution in [1.82, 2.24) is 29.1 Å². The van der Waals surface area contributed by atoms with Crippen LogP contribution in [0.25, 0.3) is 27.8 Å². The van der Waals surface area contributed by atoms with Crippen molar-refractivity contribution < 1.29 is 14.7 Å². The quantitative estimate of drug-likeness (QED) is 0.368. The van der Waals surface area contributed by atoms with E-state index in [1.54, 1.807) is 21.4 Å². The second-order valence-electron chi connectivity index (χ2n) is 11.1. The van der Waals surface area contributed by atoms with Gasteiger partial charge in [-0.15, -0.1) is 0 Å². The minimum Gasteiger partial charge on any atom is -0.388 e. The second-order valence-corrected chi connectivity index (χ2v) is 11.1. The molecule has 1 atom stereocenters. The van der Waals surface area contributed by atoms with E-state index < -0.39 is 11.1 Å². The van der Waals surface area contributed by atoms with Gasteiger partial charge in [0.2, 0.25) is 11.8 Å². The van der Waals surface area contributed by atoms with Gasteiger partial charge in [-0.1, -0.05) is 49.0 Å². The van der Waals surface area contributed by atoms with E-state index in [0.29, 0.717) is 49.9 Å². The van der Waals surface area contributed by atoms with Crippen LogP contribution in [-0.2, 0) is 16.1 Å². The molecule has 4 aromatic rings. The van der Waals surface area contributed by atoms with Crippen molar-refractivity contribution in [3.63, 3.8) is 0 Å². The first-order chi connectivity index (χ1) is 19.7. The number of carbonyl (C=O) groups excluding carboxylic acids is 2. The summed E-state index contributed by atoms with van der Waals surface area (Å²) in [5.41, 5.74) is 1.08. The van der Waals surface area contributed by atoms with Gasteiger partial charge in [-0.3, -0.25) is 19.0 Å². The molecule has 2 aromatic carbocycles. The molecule has 0 bridgehead atoms. The second kappa shape index (κ2) is 10.1. The van der Waals surface area contributed by atoms with E-state index in [9.17, 15) is 19.5 Å². The van der Waals surface area contributed by atoms with Crippen molar-refractivity contribution in [1.29, 1.82) is 0 Å². The average molecular weight is 553 g/mol. The van der Waals surface area contributed by atoms with Crippen LogP contribution in [0.2, 0.25) is 0 Å². The first-order valence-electron chi connectivity index (χ1n) is 13.8. The SMILES string of the molecule is C=CC(=O)N1CC[C@@]1(C)C(=O)N1CCC(O)(Cn2cnc3c(cnn3-c3ccc(-c4ccccc4)cc3)c2=O)CC1. The van der Waals surface area contributed by atoms with E-state index in [2.05, 4.69) is 16.7 Å². The van der Waals surface area contributed by atoms with E-state index in [4.69, 9.17) is 0 Å². The average Bonchev–Trinajstić information content (AvgIpc) is 3.43. The van der Waals surface area contributed by atoms with Crippen LogP contribution in [0.1, 0.15) is 26.2 Å². The fraction of sp³-hybridized carbons (Fsp3) is 0.323. The van der Waals surface area contributed by atoms with E-state index in [-0.39, 0.29) is 23.9 Å². The molecule has 0 aliphatic carbocycles. The van der Waals surface area contributed by atoms with Crippen LogP contribution in [0, 0.1) is 0 Å². The van der Waals surface area contributed by atoms with Gasteiger partial charge in [-0.05, 0) is 55.5 Å². The molecule has 2 saturated heterocycles. The van der Waals surface area contributed by atoms with E-state index >= 15 is 0 Å². The van der Waals surface area contributed by atoms with Crippen LogP contribution in [0.15, 0.2) is 84.6 Å². The predicted octanol–water partition coefficient (Wildman–Crippen LogP) is 2.78. The first-order valence-corrected chi connectivity index (χ1v) is 13.8. The molecule has 41 heavy (non-hydrogen) atoms. The number of benzene rings is 2. The van der Waals surface area contributed by atoms with Gasteiger partial charge in [0.25, 0.3) is 5.56 Å². The van der Waals surface area contributed by atoms with Crippen LogP contribution >= 0.6 is 0 Å². The largest absolute Gasteiger partial charge is 0.388 e. The number of amides is 2. The zero-order valence-electron chi connectivity index (χ0n) is 22.9. The Balaban J connectivity index is 1.15. The maximum Gasteiger partial charge on any atom is 0.264 e. The summed E-state index contributed by atoms with van der Waals surface area (Å²) < 4.78 is 3.05. The van der Waals surface area contributed by atoms with Crippen LogP contribution < -0.4 is 5.56 Å². The maximum absolute atomic E-state index is 13.4. The number of aromatic nitrogens is 4. The molecule has 1 N–H and O–H groups in total. The lowest BCUT2D eigenvalue weighted by atomic mass is 9.83. The molecule has 2 aromatic heterocycles. The molecule has 2 fully saturated rings. The Hall–Kier alpha value is -4.57. The van der Waals surface area contributed by atoms with Crippen molar-refractivity contribution in [2.45, 2.75) is 43.9 Å². The number of likely N-dealkylation sites (tertiary alicyclic amines) is 2. The molecule has 2 aliphatic heterocycles. The summed E-state index contributed by atoms with van der Waals surface area (Å²) in [4.78, 5) is 46.5. The minimum atomic E-state index is -1.17. The third-order valence-electron chi connectivity index (χ3n) is 8.54. The molecular formula is C31H32N6O4. The van der Waals surface area contributed by atoms with Crippen LogP contribution in [0.3, 0.4) is 0 Å². The van der Waals surface area contributed by atoms with Crippen LogP contribution in [-0.4, -0.2) is 76.8 Å². The number of nitrogens with zero attached hydrogens (tertiary/aromatic N) is 6. The molecule has 0 radical (unpaired) electrons. The highest BCUT2D eigenvalue weighted by Crippen LogP contribution is 2.34. The number of rotatable bonds is 6. The lowest BCUT2D eigenvalue weighted by molar-refractivity contribution is -0.164. The lowest BCUT2D eigenvalue weighted by Crippen LogP contribution is -2.68. The van der Waals surface area contributed by atoms with Crippen LogP contribution in [0.4, 0.5) is 0 Å². The Labute approximate surface area is 237 Å². The number of piperidine rings is 1. The van der Waals surface area contributed by atoms with Crippen molar-refractivity contribution in [3.8, 4) is 16.8 Å². The van der Waals surface area contributed by atoms with Crippen LogP contribution in [0.5, 0.6) is 0 Å². The molecule has 2 aliphatic rings. The molecule has 6 rings (SSSR count). The van der Waals surface area contributed by atoms with Gasteiger partial charge in [-0.25, -0.2) is 9.67 Å². The highest BCUT2D eigenvalue weighted by molar-refractivity contribution is 5.96. The summed E-state index contributed by atoms with van der Waals surface area (Å²) in [7, 11) is 0. The van der Waals surface area contributed by atoms with E-state index in [0.717, 1.165) is 16.8 Å². The Kier molecular flexibility index (Phi) is 6.57. The van der Waals surface area contributed by atoms with Gasteiger partial charge in [0, 0.05) is 19.6 Å². The highest BCUT2D eigenvalue weighted by atomic mass is 16.3.